The van der Waals surface area contributed by atoms with E-state index in [-0.39, 0.29) is 17.9 Å². The third-order valence-electron chi connectivity index (χ3n) is 5.12. The molecule has 2 saturated heterocycles. The summed E-state index contributed by atoms with van der Waals surface area (Å²) in [6, 6.07) is 6.96. The number of ether oxygens (including phenoxy) is 1. The zero-order valence-electron chi connectivity index (χ0n) is 16.7. The quantitative estimate of drug-likeness (QED) is 0.420. The van der Waals surface area contributed by atoms with Crippen molar-refractivity contribution in [1.82, 2.24) is 20.4 Å². The van der Waals surface area contributed by atoms with Gasteiger partial charge in [-0.05, 0) is 25.0 Å². The molecule has 1 aromatic carbocycles. The average molecular weight is 422 g/mol. The van der Waals surface area contributed by atoms with Gasteiger partial charge in [-0.15, -0.1) is 0 Å². The summed E-state index contributed by atoms with van der Waals surface area (Å²) in [7, 11) is 1.73. The first-order valence-electron chi connectivity index (χ1n) is 9.99. The maximum atomic E-state index is 12.4. The molecule has 2 fully saturated rings. The van der Waals surface area contributed by atoms with E-state index in [9.17, 15) is 9.59 Å². The summed E-state index contributed by atoms with van der Waals surface area (Å²) in [5.41, 5.74) is 0.464. The number of halogens is 1. The second-order valence-corrected chi connectivity index (χ2v) is 7.43. The molecule has 1 atom stereocenters. The van der Waals surface area contributed by atoms with Gasteiger partial charge in [-0.1, -0.05) is 23.7 Å². The van der Waals surface area contributed by atoms with E-state index in [1.807, 2.05) is 4.90 Å². The van der Waals surface area contributed by atoms with Gasteiger partial charge >= 0.3 is 0 Å². The molecule has 1 unspecified atom stereocenters. The van der Waals surface area contributed by atoms with E-state index in [1.165, 1.54) is 0 Å². The molecule has 1 aromatic rings. The van der Waals surface area contributed by atoms with Crippen LogP contribution in [0.5, 0.6) is 0 Å². The van der Waals surface area contributed by atoms with Gasteiger partial charge < -0.3 is 25.2 Å². The molecule has 0 spiro atoms. The van der Waals surface area contributed by atoms with E-state index in [0.29, 0.717) is 56.5 Å². The van der Waals surface area contributed by atoms with Gasteiger partial charge in [0, 0.05) is 52.9 Å². The number of aliphatic imine (C=N–C) groups is 1. The molecule has 8 nitrogen and oxygen atoms in total. The highest BCUT2D eigenvalue weighted by Gasteiger charge is 2.30. The predicted octanol–water partition coefficient (Wildman–Crippen LogP) is 0.968. The molecule has 0 radical (unpaired) electrons. The summed E-state index contributed by atoms with van der Waals surface area (Å²) in [6.45, 7) is 4.40. The molecule has 2 N–H and O–H groups in total. The maximum absolute atomic E-state index is 12.4. The summed E-state index contributed by atoms with van der Waals surface area (Å²) in [5.74, 6) is 0.669. The first-order valence-corrected chi connectivity index (χ1v) is 10.4. The lowest BCUT2D eigenvalue weighted by Gasteiger charge is -2.37. The molecule has 3 rings (SSSR count). The summed E-state index contributed by atoms with van der Waals surface area (Å²) in [5, 5.41) is 6.54. The molecule has 2 heterocycles. The number of hydrogen-bond donors (Lipinski definition) is 2. The van der Waals surface area contributed by atoms with Crippen molar-refractivity contribution < 1.29 is 14.3 Å². The molecule has 2 aliphatic rings. The van der Waals surface area contributed by atoms with E-state index in [0.717, 1.165) is 18.8 Å². The van der Waals surface area contributed by atoms with Crippen LogP contribution < -0.4 is 10.6 Å². The van der Waals surface area contributed by atoms with Crippen molar-refractivity contribution in [3.05, 3.63) is 34.9 Å². The standard InChI is InChI=1S/C20H28ClN5O3/c1-22-20(24-9-8-23-18(27)15-5-2-3-6-16(15)21)26-12-10-25(11-13-26)19(28)17-7-4-14-29-17/h2-3,5-6,17H,4,7-14H2,1H3,(H,22,24)(H,23,27). The molecule has 29 heavy (non-hydrogen) atoms. The zero-order chi connectivity index (χ0) is 20.6. The number of carbonyl (C=O) groups excluding carboxylic acids is 2. The SMILES string of the molecule is CN=C(NCCNC(=O)c1ccccc1Cl)N1CCN(C(=O)C2CCCO2)CC1. The van der Waals surface area contributed by atoms with Crippen molar-refractivity contribution >= 4 is 29.4 Å². The van der Waals surface area contributed by atoms with Gasteiger partial charge in [-0.2, -0.15) is 0 Å². The lowest BCUT2D eigenvalue weighted by atomic mass is 10.2. The van der Waals surface area contributed by atoms with Crippen LogP contribution in [0.2, 0.25) is 5.02 Å². The highest BCUT2D eigenvalue weighted by Crippen LogP contribution is 2.16. The van der Waals surface area contributed by atoms with Crippen LogP contribution in [0.4, 0.5) is 0 Å². The Morgan fingerprint density at radius 3 is 2.48 bits per heavy atom. The third kappa shape index (κ3) is 5.61. The van der Waals surface area contributed by atoms with Crippen LogP contribution in [0.3, 0.4) is 0 Å². The molecule has 0 aromatic heterocycles. The van der Waals surface area contributed by atoms with Crippen LogP contribution in [-0.4, -0.2) is 86.6 Å². The molecule has 0 saturated carbocycles. The number of nitrogens with zero attached hydrogens (tertiary/aromatic N) is 3. The monoisotopic (exact) mass is 421 g/mol. The first kappa shape index (κ1) is 21.4. The molecular weight excluding hydrogens is 394 g/mol. The van der Waals surface area contributed by atoms with E-state index in [2.05, 4.69) is 20.5 Å². The van der Waals surface area contributed by atoms with Gasteiger partial charge in [0.2, 0.25) is 0 Å². The fourth-order valence-electron chi connectivity index (χ4n) is 3.54. The van der Waals surface area contributed by atoms with E-state index < -0.39 is 0 Å². The van der Waals surface area contributed by atoms with E-state index in [1.54, 1.807) is 31.3 Å². The number of hydrogen-bond acceptors (Lipinski definition) is 4. The third-order valence-corrected chi connectivity index (χ3v) is 5.45. The number of benzene rings is 1. The molecule has 158 valence electrons. The molecule has 0 bridgehead atoms. The number of guanidine groups is 1. The van der Waals surface area contributed by atoms with Crippen LogP contribution in [0.25, 0.3) is 0 Å². The fourth-order valence-corrected chi connectivity index (χ4v) is 3.76. The van der Waals surface area contributed by atoms with Gasteiger partial charge in [0.1, 0.15) is 6.10 Å². The Hall–Kier alpha value is -2.32. The minimum Gasteiger partial charge on any atom is -0.368 e. The van der Waals surface area contributed by atoms with Gasteiger partial charge in [0.15, 0.2) is 5.96 Å². The topological polar surface area (TPSA) is 86.3 Å². The van der Waals surface area contributed by atoms with Gasteiger partial charge in [0.05, 0.1) is 10.6 Å². The summed E-state index contributed by atoms with van der Waals surface area (Å²) in [6.07, 6.45) is 1.52. The van der Waals surface area contributed by atoms with Crippen LogP contribution >= 0.6 is 11.6 Å². The summed E-state index contributed by atoms with van der Waals surface area (Å²) in [4.78, 5) is 32.9. The fraction of sp³-hybridized carbons (Fsp3) is 0.550. The van der Waals surface area contributed by atoms with Crippen LogP contribution in [0.15, 0.2) is 29.3 Å². The van der Waals surface area contributed by atoms with Crippen LogP contribution in [0.1, 0.15) is 23.2 Å². The minimum atomic E-state index is -0.263. The van der Waals surface area contributed by atoms with Crippen LogP contribution in [-0.2, 0) is 9.53 Å². The minimum absolute atomic E-state index is 0.104. The Bertz CT molecular complexity index is 743. The van der Waals surface area contributed by atoms with Crippen molar-refractivity contribution in [2.45, 2.75) is 18.9 Å². The first-order chi connectivity index (χ1) is 14.1. The highest BCUT2D eigenvalue weighted by molar-refractivity contribution is 6.33. The molecule has 2 aliphatic heterocycles. The Morgan fingerprint density at radius 1 is 1.14 bits per heavy atom. The highest BCUT2D eigenvalue weighted by atomic mass is 35.5. The summed E-state index contributed by atoms with van der Waals surface area (Å²) >= 11 is 6.04. The van der Waals surface area contributed by atoms with Crippen molar-refractivity contribution in [2.24, 2.45) is 4.99 Å². The van der Waals surface area contributed by atoms with Crippen molar-refractivity contribution in [2.75, 3.05) is 52.9 Å². The molecule has 0 aliphatic carbocycles. The van der Waals surface area contributed by atoms with Crippen molar-refractivity contribution in [3.63, 3.8) is 0 Å². The Balaban J connectivity index is 1.39. The second-order valence-electron chi connectivity index (χ2n) is 7.02. The number of piperazine rings is 1. The summed E-state index contributed by atoms with van der Waals surface area (Å²) < 4.78 is 5.50. The smallest absolute Gasteiger partial charge is 0.252 e. The number of rotatable bonds is 5. The number of carbonyl (C=O) groups is 2. The lowest BCUT2D eigenvalue weighted by molar-refractivity contribution is -0.142. The lowest BCUT2D eigenvalue weighted by Crippen LogP contribution is -2.55. The molecule has 9 heteroatoms. The Labute approximate surface area is 176 Å². The van der Waals surface area contributed by atoms with Gasteiger partial charge in [-0.25, -0.2) is 0 Å². The largest absolute Gasteiger partial charge is 0.368 e. The zero-order valence-corrected chi connectivity index (χ0v) is 17.5. The normalized spacial score (nSPS) is 19.9. The van der Waals surface area contributed by atoms with Gasteiger partial charge in [-0.3, -0.25) is 14.6 Å². The van der Waals surface area contributed by atoms with E-state index in [4.69, 9.17) is 16.3 Å². The molecule has 2 amide bonds. The number of nitrogens with one attached hydrogen (secondary N) is 2. The van der Waals surface area contributed by atoms with Crippen molar-refractivity contribution in [1.29, 1.82) is 0 Å². The number of amides is 2. The van der Waals surface area contributed by atoms with Gasteiger partial charge in [0.25, 0.3) is 11.8 Å². The predicted molar refractivity (Wildman–Crippen MR) is 112 cm³/mol. The maximum Gasteiger partial charge on any atom is 0.252 e. The van der Waals surface area contributed by atoms with Crippen molar-refractivity contribution in [3.8, 4) is 0 Å². The Kier molecular flexibility index (Phi) is 7.71. The van der Waals surface area contributed by atoms with E-state index >= 15 is 0 Å². The van der Waals surface area contributed by atoms with Crippen LogP contribution in [0, 0.1) is 0 Å². The Morgan fingerprint density at radius 2 is 1.83 bits per heavy atom. The second kappa shape index (κ2) is 10.5. The average Bonchev–Trinajstić information content (AvgIpc) is 3.28. The molecular formula is C20H28ClN5O3.